The largest absolute Gasteiger partial charge is 0.490 e. The minimum atomic E-state index is -5.08. The van der Waals surface area contributed by atoms with Gasteiger partial charge in [-0.25, -0.2) is 14.8 Å². The van der Waals surface area contributed by atoms with E-state index in [2.05, 4.69) is 41.8 Å². The number of hydrogen-bond acceptors (Lipinski definition) is 5. The molecular weight excluding hydrogens is 419 g/mol. The van der Waals surface area contributed by atoms with Gasteiger partial charge in [-0.2, -0.15) is 13.2 Å². The summed E-state index contributed by atoms with van der Waals surface area (Å²) in [5, 5.41) is 11.5. The van der Waals surface area contributed by atoms with Crippen LogP contribution in [0.4, 0.5) is 24.9 Å². The van der Waals surface area contributed by atoms with E-state index in [0.29, 0.717) is 5.82 Å². The Morgan fingerprint density at radius 2 is 2.04 bits per heavy atom. The zero-order valence-corrected chi connectivity index (χ0v) is 14.7. The SMILES string of the molecule is Nc1nc2cc(Br)ccc2c2c1nc1n2CCCN1.O=C(O)C(F)(F)F. The summed E-state index contributed by atoms with van der Waals surface area (Å²) in [5.74, 6) is -1.37. The highest BCUT2D eigenvalue weighted by Gasteiger charge is 2.38. The van der Waals surface area contributed by atoms with Crippen LogP contribution < -0.4 is 11.1 Å². The molecular formula is C15H13BrF3N5O2. The normalized spacial score (nSPS) is 13.7. The summed E-state index contributed by atoms with van der Waals surface area (Å²) in [5.41, 5.74) is 8.82. The number of aliphatic carboxylic acids is 1. The number of fused-ring (bicyclic) bond motifs is 5. The van der Waals surface area contributed by atoms with E-state index in [0.717, 1.165) is 51.9 Å². The lowest BCUT2D eigenvalue weighted by Crippen LogP contribution is -2.21. The van der Waals surface area contributed by atoms with Crippen LogP contribution in [0.2, 0.25) is 0 Å². The molecule has 0 spiro atoms. The van der Waals surface area contributed by atoms with Crippen LogP contribution in [0.25, 0.3) is 21.9 Å². The van der Waals surface area contributed by atoms with Crippen LogP contribution in [0.15, 0.2) is 22.7 Å². The lowest BCUT2D eigenvalue weighted by atomic mass is 10.2. The number of imidazole rings is 1. The molecule has 11 heteroatoms. The van der Waals surface area contributed by atoms with Crippen molar-refractivity contribution in [2.45, 2.75) is 19.1 Å². The molecule has 138 valence electrons. The lowest BCUT2D eigenvalue weighted by molar-refractivity contribution is -0.192. The van der Waals surface area contributed by atoms with Gasteiger partial charge in [0.15, 0.2) is 5.82 Å². The Labute approximate surface area is 153 Å². The molecule has 2 aromatic heterocycles. The maximum absolute atomic E-state index is 10.6. The van der Waals surface area contributed by atoms with Crippen molar-refractivity contribution in [2.75, 3.05) is 17.6 Å². The highest BCUT2D eigenvalue weighted by Crippen LogP contribution is 2.32. The van der Waals surface area contributed by atoms with Crippen molar-refractivity contribution in [1.82, 2.24) is 14.5 Å². The molecule has 1 aliphatic heterocycles. The van der Waals surface area contributed by atoms with Crippen LogP contribution in [0, 0.1) is 0 Å². The first-order valence-electron chi connectivity index (χ1n) is 7.47. The molecule has 7 nitrogen and oxygen atoms in total. The Hall–Kier alpha value is -2.56. The summed E-state index contributed by atoms with van der Waals surface area (Å²) in [6, 6.07) is 6.08. The number of carboxylic acid groups (broad SMARTS) is 1. The van der Waals surface area contributed by atoms with Crippen LogP contribution >= 0.6 is 15.9 Å². The Morgan fingerprint density at radius 1 is 1.35 bits per heavy atom. The van der Waals surface area contributed by atoms with Crippen LogP contribution in [-0.4, -0.2) is 38.3 Å². The zero-order valence-electron chi connectivity index (χ0n) is 13.1. The van der Waals surface area contributed by atoms with E-state index in [-0.39, 0.29) is 0 Å². The van der Waals surface area contributed by atoms with Gasteiger partial charge in [0, 0.05) is 22.9 Å². The average Bonchev–Trinajstić information content (AvgIpc) is 2.95. The smallest absolute Gasteiger partial charge is 0.475 e. The molecule has 0 unspecified atom stereocenters. The first kappa shape index (κ1) is 18.2. The van der Waals surface area contributed by atoms with Gasteiger partial charge in [-0.15, -0.1) is 0 Å². The number of nitrogens with one attached hydrogen (secondary N) is 1. The lowest BCUT2D eigenvalue weighted by Gasteiger charge is -2.16. The van der Waals surface area contributed by atoms with Crippen molar-refractivity contribution >= 4 is 55.6 Å². The van der Waals surface area contributed by atoms with Crippen molar-refractivity contribution in [1.29, 1.82) is 0 Å². The molecule has 0 amide bonds. The Balaban J connectivity index is 0.000000242. The molecule has 26 heavy (non-hydrogen) atoms. The third kappa shape index (κ3) is 3.39. The number of carboxylic acids is 1. The van der Waals surface area contributed by atoms with Crippen LogP contribution in [0.1, 0.15) is 6.42 Å². The summed E-state index contributed by atoms with van der Waals surface area (Å²) in [7, 11) is 0. The molecule has 0 bridgehead atoms. The minimum absolute atomic E-state index is 0.490. The maximum atomic E-state index is 10.6. The van der Waals surface area contributed by atoms with E-state index in [1.165, 1.54) is 0 Å². The summed E-state index contributed by atoms with van der Waals surface area (Å²) >= 11 is 3.47. The molecule has 1 aromatic carbocycles. The number of anilines is 2. The van der Waals surface area contributed by atoms with Crippen molar-refractivity contribution in [2.24, 2.45) is 0 Å². The van der Waals surface area contributed by atoms with Gasteiger partial charge in [0.25, 0.3) is 0 Å². The Morgan fingerprint density at radius 3 is 2.69 bits per heavy atom. The van der Waals surface area contributed by atoms with Crippen molar-refractivity contribution < 1.29 is 23.1 Å². The number of pyridine rings is 1. The second-order valence-corrected chi connectivity index (χ2v) is 6.44. The number of aryl methyl sites for hydroxylation is 1. The van der Waals surface area contributed by atoms with E-state index in [9.17, 15) is 13.2 Å². The van der Waals surface area contributed by atoms with Gasteiger partial charge in [-0.05, 0) is 24.6 Å². The van der Waals surface area contributed by atoms with E-state index in [1.54, 1.807) is 0 Å². The molecule has 0 saturated heterocycles. The van der Waals surface area contributed by atoms with E-state index < -0.39 is 12.1 Å². The fraction of sp³-hybridized carbons (Fsp3) is 0.267. The number of nitrogens with zero attached hydrogens (tertiary/aromatic N) is 3. The van der Waals surface area contributed by atoms with Crippen molar-refractivity contribution in [3.05, 3.63) is 22.7 Å². The number of rotatable bonds is 0. The monoisotopic (exact) mass is 431 g/mol. The van der Waals surface area contributed by atoms with E-state index in [1.807, 2.05) is 12.1 Å². The fourth-order valence-electron chi connectivity index (χ4n) is 2.67. The molecule has 4 N–H and O–H groups in total. The minimum Gasteiger partial charge on any atom is -0.475 e. The van der Waals surface area contributed by atoms with Crippen molar-refractivity contribution in [3.8, 4) is 0 Å². The third-order valence-corrected chi connectivity index (χ3v) is 4.24. The van der Waals surface area contributed by atoms with E-state index >= 15 is 0 Å². The summed E-state index contributed by atoms with van der Waals surface area (Å²) in [4.78, 5) is 17.9. The molecule has 3 heterocycles. The van der Waals surface area contributed by atoms with Gasteiger partial charge in [-0.3, -0.25) is 0 Å². The third-order valence-electron chi connectivity index (χ3n) is 3.75. The Bertz CT molecular complexity index is 1000. The number of carbonyl (C=O) groups is 1. The number of hydrogen-bond donors (Lipinski definition) is 3. The molecule has 0 radical (unpaired) electrons. The van der Waals surface area contributed by atoms with Crippen LogP contribution in [0.3, 0.4) is 0 Å². The summed E-state index contributed by atoms with van der Waals surface area (Å²) in [6.07, 6.45) is -3.99. The van der Waals surface area contributed by atoms with Gasteiger partial charge in [0.05, 0.1) is 11.0 Å². The first-order valence-corrected chi connectivity index (χ1v) is 8.26. The first-order chi connectivity index (χ1) is 12.2. The topological polar surface area (TPSA) is 106 Å². The molecule has 0 fully saturated rings. The molecule has 0 aliphatic carbocycles. The van der Waals surface area contributed by atoms with Gasteiger partial charge >= 0.3 is 12.1 Å². The van der Waals surface area contributed by atoms with Crippen LogP contribution in [0.5, 0.6) is 0 Å². The molecule has 1 aliphatic rings. The standard InChI is InChI=1S/C13H12BrN5.C2HF3O2/c14-7-2-3-8-9(6-7)17-12(15)10-11(8)19-5-1-4-16-13(19)18-10;3-2(4,5)1(6)7/h2-3,6H,1,4-5H2,(H2,15,17)(H,16,18);(H,6,7). The Kier molecular flexibility index (Phi) is 4.65. The highest BCUT2D eigenvalue weighted by atomic mass is 79.9. The maximum Gasteiger partial charge on any atom is 0.490 e. The molecule has 0 saturated carbocycles. The van der Waals surface area contributed by atoms with Gasteiger partial charge in [-0.1, -0.05) is 15.9 Å². The van der Waals surface area contributed by atoms with Gasteiger partial charge in [0.2, 0.25) is 5.95 Å². The number of benzene rings is 1. The quantitative estimate of drug-likeness (QED) is 0.503. The molecule has 4 rings (SSSR count). The number of aromatic nitrogens is 3. The van der Waals surface area contributed by atoms with Crippen LogP contribution in [-0.2, 0) is 11.3 Å². The number of halogens is 4. The number of nitrogen functional groups attached to an aromatic ring is 1. The fourth-order valence-corrected chi connectivity index (χ4v) is 3.02. The summed E-state index contributed by atoms with van der Waals surface area (Å²) < 4.78 is 34.9. The average molecular weight is 432 g/mol. The van der Waals surface area contributed by atoms with E-state index in [4.69, 9.17) is 15.6 Å². The van der Waals surface area contributed by atoms with Gasteiger partial charge in [0.1, 0.15) is 5.52 Å². The number of nitrogens with two attached hydrogens (primary N) is 1. The predicted octanol–water partition coefficient (Wildman–Crippen LogP) is 3.38. The van der Waals surface area contributed by atoms with Gasteiger partial charge < -0.3 is 20.7 Å². The molecule has 0 atom stereocenters. The van der Waals surface area contributed by atoms with Crippen molar-refractivity contribution in [3.63, 3.8) is 0 Å². The highest BCUT2D eigenvalue weighted by molar-refractivity contribution is 9.10. The second-order valence-electron chi connectivity index (χ2n) is 5.53. The zero-order chi connectivity index (χ0) is 19.1. The predicted molar refractivity (Wildman–Crippen MR) is 93.9 cm³/mol. The molecule has 3 aromatic rings. The number of alkyl halides is 3. The summed E-state index contributed by atoms with van der Waals surface area (Å²) in [6.45, 7) is 1.92. The second kappa shape index (κ2) is 6.63.